The maximum absolute atomic E-state index is 4.34. The Kier molecular flexibility index (Phi) is 3.81. The Balaban J connectivity index is 1.97. The zero-order chi connectivity index (χ0) is 12.1. The van der Waals surface area contributed by atoms with E-state index in [-0.39, 0.29) is 0 Å². The van der Waals surface area contributed by atoms with Crippen molar-refractivity contribution in [2.24, 2.45) is 5.92 Å². The number of anilines is 1. The highest BCUT2D eigenvalue weighted by Crippen LogP contribution is 2.10. The Morgan fingerprint density at radius 1 is 1.24 bits per heavy atom. The van der Waals surface area contributed by atoms with Crippen molar-refractivity contribution in [2.75, 3.05) is 5.32 Å². The van der Waals surface area contributed by atoms with E-state index < -0.39 is 0 Å². The molecule has 0 aliphatic carbocycles. The van der Waals surface area contributed by atoms with Crippen LogP contribution in [0.2, 0.25) is 0 Å². The molecule has 0 aliphatic heterocycles. The number of hydrogen-bond donors (Lipinski definition) is 1. The first kappa shape index (κ1) is 11.7. The fraction of sp³-hybridized carbons (Fsp3) is 0.357. The summed E-state index contributed by atoms with van der Waals surface area (Å²) in [7, 11) is 0. The Hall–Kier alpha value is -1.77. The number of nitrogens with one attached hydrogen (secondary N) is 1. The van der Waals surface area contributed by atoms with E-state index in [1.807, 2.05) is 18.5 Å². The van der Waals surface area contributed by atoms with Gasteiger partial charge in [-0.3, -0.25) is 0 Å². The van der Waals surface area contributed by atoms with Crippen LogP contribution in [0.1, 0.15) is 19.4 Å². The van der Waals surface area contributed by atoms with Crippen molar-refractivity contribution in [3.63, 3.8) is 0 Å². The van der Waals surface area contributed by atoms with Crippen LogP contribution in [-0.4, -0.2) is 9.55 Å². The van der Waals surface area contributed by atoms with Gasteiger partial charge in [0.1, 0.15) is 0 Å². The van der Waals surface area contributed by atoms with E-state index in [2.05, 4.69) is 53.0 Å². The lowest BCUT2D eigenvalue weighted by Gasteiger charge is -2.11. The van der Waals surface area contributed by atoms with Crippen molar-refractivity contribution in [3.8, 4) is 0 Å². The first-order chi connectivity index (χ1) is 8.25. The van der Waals surface area contributed by atoms with E-state index in [0.29, 0.717) is 5.92 Å². The molecule has 0 atom stereocenters. The molecule has 0 fully saturated rings. The molecular formula is C14H19N3. The van der Waals surface area contributed by atoms with Gasteiger partial charge in [0.2, 0.25) is 5.95 Å². The number of imidazole rings is 1. The fourth-order valence-electron chi connectivity index (χ4n) is 1.79. The fourth-order valence-corrected chi connectivity index (χ4v) is 1.79. The number of rotatable bonds is 5. The van der Waals surface area contributed by atoms with Gasteiger partial charge in [0.25, 0.3) is 0 Å². The summed E-state index contributed by atoms with van der Waals surface area (Å²) in [6.45, 7) is 6.23. The Morgan fingerprint density at radius 2 is 2.00 bits per heavy atom. The molecule has 17 heavy (non-hydrogen) atoms. The lowest BCUT2D eigenvalue weighted by atomic mass is 10.2. The summed E-state index contributed by atoms with van der Waals surface area (Å²) in [6.07, 6.45) is 3.86. The molecule has 0 radical (unpaired) electrons. The minimum Gasteiger partial charge on any atom is -0.352 e. The standard InChI is InChI=1S/C14H19N3/c1-12(2)11-17-9-8-15-14(17)16-10-13-6-4-3-5-7-13/h3-9,12H,10-11H2,1-2H3,(H,15,16). The van der Waals surface area contributed by atoms with Crippen molar-refractivity contribution < 1.29 is 0 Å². The van der Waals surface area contributed by atoms with Gasteiger partial charge in [-0.1, -0.05) is 44.2 Å². The molecule has 90 valence electrons. The van der Waals surface area contributed by atoms with Gasteiger partial charge < -0.3 is 9.88 Å². The van der Waals surface area contributed by atoms with Gasteiger partial charge >= 0.3 is 0 Å². The second kappa shape index (κ2) is 5.53. The van der Waals surface area contributed by atoms with Crippen LogP contribution in [-0.2, 0) is 13.1 Å². The van der Waals surface area contributed by atoms with Crippen LogP contribution in [0.15, 0.2) is 42.7 Å². The first-order valence-electron chi connectivity index (χ1n) is 6.04. The molecule has 0 amide bonds. The molecule has 1 aromatic heterocycles. The van der Waals surface area contributed by atoms with E-state index in [9.17, 15) is 0 Å². The average Bonchev–Trinajstić information content (AvgIpc) is 2.74. The first-order valence-corrected chi connectivity index (χ1v) is 6.04. The molecule has 0 saturated heterocycles. The van der Waals surface area contributed by atoms with Crippen LogP contribution < -0.4 is 5.32 Å². The van der Waals surface area contributed by atoms with Crippen molar-refractivity contribution >= 4 is 5.95 Å². The van der Waals surface area contributed by atoms with Crippen molar-refractivity contribution in [3.05, 3.63) is 48.3 Å². The van der Waals surface area contributed by atoms with Gasteiger partial charge in [-0.05, 0) is 11.5 Å². The van der Waals surface area contributed by atoms with Gasteiger partial charge in [0, 0.05) is 25.5 Å². The summed E-state index contributed by atoms with van der Waals surface area (Å²) in [5, 5.41) is 3.37. The third-order valence-electron chi connectivity index (χ3n) is 2.57. The minimum atomic E-state index is 0.626. The third-order valence-corrected chi connectivity index (χ3v) is 2.57. The second-order valence-corrected chi connectivity index (χ2v) is 4.64. The van der Waals surface area contributed by atoms with Crippen molar-refractivity contribution in [2.45, 2.75) is 26.9 Å². The molecule has 3 heteroatoms. The van der Waals surface area contributed by atoms with Crippen LogP contribution in [0.3, 0.4) is 0 Å². The number of hydrogen-bond acceptors (Lipinski definition) is 2. The summed E-state index contributed by atoms with van der Waals surface area (Å²) >= 11 is 0. The smallest absolute Gasteiger partial charge is 0.203 e. The molecule has 2 aromatic rings. The van der Waals surface area contributed by atoms with E-state index in [1.165, 1.54) is 5.56 Å². The summed E-state index contributed by atoms with van der Waals surface area (Å²) in [6, 6.07) is 10.4. The second-order valence-electron chi connectivity index (χ2n) is 4.64. The predicted molar refractivity (Wildman–Crippen MR) is 70.8 cm³/mol. The highest BCUT2D eigenvalue weighted by molar-refractivity contribution is 5.28. The topological polar surface area (TPSA) is 29.9 Å². The van der Waals surface area contributed by atoms with E-state index in [0.717, 1.165) is 19.0 Å². The normalized spacial score (nSPS) is 10.8. The van der Waals surface area contributed by atoms with E-state index >= 15 is 0 Å². The zero-order valence-corrected chi connectivity index (χ0v) is 10.4. The summed E-state index contributed by atoms with van der Waals surface area (Å²) in [5.74, 6) is 1.57. The lowest BCUT2D eigenvalue weighted by molar-refractivity contribution is 0.526. The van der Waals surface area contributed by atoms with Crippen LogP contribution in [0.25, 0.3) is 0 Å². The lowest BCUT2D eigenvalue weighted by Crippen LogP contribution is -2.10. The predicted octanol–water partition coefficient (Wildman–Crippen LogP) is 3.15. The average molecular weight is 229 g/mol. The van der Waals surface area contributed by atoms with E-state index in [1.54, 1.807) is 0 Å². The van der Waals surface area contributed by atoms with Crippen LogP contribution in [0.4, 0.5) is 5.95 Å². The molecular weight excluding hydrogens is 210 g/mol. The van der Waals surface area contributed by atoms with Gasteiger partial charge in [-0.25, -0.2) is 4.98 Å². The third kappa shape index (κ3) is 3.34. The maximum atomic E-state index is 4.34. The number of benzene rings is 1. The summed E-state index contributed by atoms with van der Waals surface area (Å²) in [4.78, 5) is 4.34. The van der Waals surface area contributed by atoms with Gasteiger partial charge in [-0.2, -0.15) is 0 Å². The highest BCUT2D eigenvalue weighted by Gasteiger charge is 2.03. The number of nitrogens with zero attached hydrogens (tertiary/aromatic N) is 2. The zero-order valence-electron chi connectivity index (χ0n) is 10.4. The summed E-state index contributed by atoms with van der Waals surface area (Å²) in [5.41, 5.74) is 1.27. The molecule has 0 bridgehead atoms. The molecule has 1 heterocycles. The molecule has 2 rings (SSSR count). The Morgan fingerprint density at radius 3 is 2.71 bits per heavy atom. The molecule has 1 N–H and O–H groups in total. The van der Waals surface area contributed by atoms with Crippen molar-refractivity contribution in [1.29, 1.82) is 0 Å². The van der Waals surface area contributed by atoms with Gasteiger partial charge in [0.15, 0.2) is 0 Å². The molecule has 0 spiro atoms. The van der Waals surface area contributed by atoms with Crippen LogP contribution >= 0.6 is 0 Å². The quantitative estimate of drug-likeness (QED) is 0.853. The largest absolute Gasteiger partial charge is 0.352 e. The Labute approximate surface area is 103 Å². The highest BCUT2D eigenvalue weighted by atomic mass is 15.2. The summed E-state index contributed by atoms with van der Waals surface area (Å²) < 4.78 is 2.16. The maximum Gasteiger partial charge on any atom is 0.203 e. The van der Waals surface area contributed by atoms with Crippen LogP contribution in [0, 0.1) is 5.92 Å². The van der Waals surface area contributed by atoms with Crippen LogP contribution in [0.5, 0.6) is 0 Å². The molecule has 0 unspecified atom stereocenters. The van der Waals surface area contributed by atoms with Gasteiger partial charge in [0.05, 0.1) is 0 Å². The monoisotopic (exact) mass is 229 g/mol. The minimum absolute atomic E-state index is 0.626. The van der Waals surface area contributed by atoms with Crippen molar-refractivity contribution in [1.82, 2.24) is 9.55 Å². The SMILES string of the molecule is CC(C)Cn1ccnc1NCc1ccccc1. The molecule has 3 nitrogen and oxygen atoms in total. The molecule has 0 saturated carbocycles. The molecule has 1 aromatic carbocycles. The van der Waals surface area contributed by atoms with Gasteiger partial charge in [-0.15, -0.1) is 0 Å². The Bertz CT molecular complexity index is 446. The number of aromatic nitrogens is 2. The molecule has 0 aliphatic rings. The van der Waals surface area contributed by atoms with E-state index in [4.69, 9.17) is 0 Å².